The third-order valence-corrected chi connectivity index (χ3v) is 6.04. The lowest BCUT2D eigenvalue weighted by atomic mass is 10.1. The van der Waals surface area contributed by atoms with Crippen LogP contribution in [0.1, 0.15) is 35.3 Å². The number of hydrogen-bond donors (Lipinski definition) is 2. The Morgan fingerprint density at radius 1 is 0.972 bits per heavy atom. The van der Waals surface area contributed by atoms with Crippen LogP contribution in [0, 0.1) is 0 Å². The molecule has 3 rings (SSSR count). The van der Waals surface area contributed by atoms with Crippen molar-refractivity contribution in [2.75, 3.05) is 25.1 Å². The summed E-state index contributed by atoms with van der Waals surface area (Å²) in [7, 11) is 1.59. The Bertz CT molecular complexity index is 1240. The third-order valence-electron chi connectivity index (χ3n) is 5.42. The molecule has 0 spiro atoms. The first-order chi connectivity index (χ1) is 17.4. The molecule has 0 saturated heterocycles. The highest BCUT2D eigenvalue weighted by atomic mass is 79.9. The molecule has 0 aliphatic rings. The molecule has 0 bridgehead atoms. The van der Waals surface area contributed by atoms with E-state index in [0.717, 1.165) is 34.4 Å². The first-order valence-electron chi connectivity index (χ1n) is 11.5. The fourth-order valence-corrected chi connectivity index (χ4v) is 4.03. The third kappa shape index (κ3) is 7.29. The van der Waals surface area contributed by atoms with E-state index in [1.54, 1.807) is 43.5 Å². The van der Waals surface area contributed by atoms with Gasteiger partial charge in [-0.2, -0.15) is 5.10 Å². The molecule has 36 heavy (non-hydrogen) atoms. The predicted octanol–water partition coefficient (Wildman–Crippen LogP) is 5.23. The number of methoxy groups -OCH3 is 1. The number of benzene rings is 3. The van der Waals surface area contributed by atoms with E-state index in [1.165, 1.54) is 6.21 Å². The van der Waals surface area contributed by atoms with Crippen molar-refractivity contribution in [2.24, 2.45) is 5.10 Å². The highest BCUT2D eigenvalue weighted by Gasteiger charge is 2.14. The number of nitrogens with one attached hydrogen (secondary N) is 2. The van der Waals surface area contributed by atoms with Gasteiger partial charge in [0.15, 0.2) is 0 Å². The first kappa shape index (κ1) is 26.7. The Labute approximate surface area is 220 Å². The summed E-state index contributed by atoms with van der Waals surface area (Å²) in [4.78, 5) is 28.0. The fraction of sp³-hybridized carbons (Fsp3) is 0.179. The van der Waals surface area contributed by atoms with E-state index in [0.29, 0.717) is 11.3 Å². The van der Waals surface area contributed by atoms with Crippen molar-refractivity contribution in [3.05, 3.63) is 99.7 Å². The van der Waals surface area contributed by atoms with Gasteiger partial charge >= 0.3 is 0 Å². The van der Waals surface area contributed by atoms with Gasteiger partial charge in [-0.05, 0) is 89.4 Å². The summed E-state index contributed by atoms with van der Waals surface area (Å²) < 4.78 is 5.99. The van der Waals surface area contributed by atoms with Crippen LogP contribution in [-0.4, -0.2) is 38.2 Å². The van der Waals surface area contributed by atoms with Crippen molar-refractivity contribution >= 4 is 45.7 Å². The molecule has 8 heteroatoms. The second-order valence-corrected chi connectivity index (χ2v) is 8.59. The Morgan fingerprint density at radius 2 is 1.64 bits per heavy atom. The van der Waals surface area contributed by atoms with Gasteiger partial charge in [0, 0.05) is 24.3 Å². The average molecular weight is 549 g/mol. The van der Waals surface area contributed by atoms with E-state index in [-0.39, 0.29) is 11.6 Å². The van der Waals surface area contributed by atoms with Gasteiger partial charge in [0.05, 0.1) is 17.8 Å². The first-order valence-corrected chi connectivity index (χ1v) is 12.3. The molecule has 0 unspecified atom stereocenters. The van der Waals surface area contributed by atoms with Crippen LogP contribution in [0.3, 0.4) is 0 Å². The van der Waals surface area contributed by atoms with Crippen LogP contribution in [0.2, 0.25) is 0 Å². The van der Waals surface area contributed by atoms with E-state index < -0.39 is 5.91 Å². The Kier molecular flexibility index (Phi) is 9.82. The molecule has 0 radical (unpaired) electrons. The lowest BCUT2D eigenvalue weighted by Gasteiger charge is -2.20. The molecule has 2 amide bonds. The van der Waals surface area contributed by atoms with E-state index in [4.69, 9.17) is 4.74 Å². The predicted molar refractivity (Wildman–Crippen MR) is 148 cm³/mol. The molecular formula is C28H29BrN4O3. The molecule has 186 valence electrons. The van der Waals surface area contributed by atoms with Gasteiger partial charge in [-0.3, -0.25) is 9.59 Å². The number of amides is 2. The molecule has 0 saturated carbocycles. The van der Waals surface area contributed by atoms with Crippen molar-refractivity contribution in [3.8, 4) is 5.75 Å². The zero-order valence-corrected chi connectivity index (χ0v) is 22.1. The highest BCUT2D eigenvalue weighted by molar-refractivity contribution is 9.10. The quantitative estimate of drug-likeness (QED) is 0.206. The minimum Gasteiger partial charge on any atom is -0.496 e. The maximum atomic E-state index is 13.0. The van der Waals surface area contributed by atoms with Crippen LogP contribution in [0.15, 0.2) is 88.1 Å². The fourth-order valence-electron chi connectivity index (χ4n) is 3.47. The molecule has 3 aromatic carbocycles. The zero-order valence-electron chi connectivity index (χ0n) is 20.5. The standard InChI is InChI=1S/C28H29BrN4O3/c1-4-33(5-2)23-14-11-20(12-15-23)18-25(31-27(34)22-9-7-6-8-10-22)28(35)32-30-19-21-13-16-26(36-3)24(29)17-21/h6-19H,4-5H2,1-3H3,(H,31,34)(H,32,35). The number of ether oxygens (including phenoxy) is 1. The van der Waals surface area contributed by atoms with E-state index >= 15 is 0 Å². The summed E-state index contributed by atoms with van der Waals surface area (Å²) in [5.41, 5.74) is 5.64. The number of hydrogen-bond acceptors (Lipinski definition) is 5. The van der Waals surface area contributed by atoms with Crippen LogP contribution in [0.4, 0.5) is 5.69 Å². The second-order valence-electron chi connectivity index (χ2n) is 7.74. The molecule has 2 N–H and O–H groups in total. The minimum absolute atomic E-state index is 0.0764. The van der Waals surface area contributed by atoms with Gasteiger partial charge in [0.1, 0.15) is 11.4 Å². The summed E-state index contributed by atoms with van der Waals surface area (Å²) in [5, 5.41) is 6.77. The van der Waals surface area contributed by atoms with Crippen molar-refractivity contribution < 1.29 is 14.3 Å². The SMILES string of the molecule is CCN(CC)c1ccc(C=C(NC(=O)c2ccccc2)C(=O)NN=Cc2ccc(OC)c(Br)c2)cc1. The summed E-state index contributed by atoms with van der Waals surface area (Å²) in [6.07, 6.45) is 3.14. The average Bonchev–Trinajstić information content (AvgIpc) is 2.90. The van der Waals surface area contributed by atoms with E-state index in [1.807, 2.05) is 42.5 Å². The van der Waals surface area contributed by atoms with Gasteiger partial charge in [-0.25, -0.2) is 5.43 Å². The van der Waals surface area contributed by atoms with Crippen molar-refractivity contribution in [2.45, 2.75) is 13.8 Å². The number of halogens is 1. The van der Waals surface area contributed by atoms with Crippen molar-refractivity contribution in [1.29, 1.82) is 0 Å². The molecule has 0 aliphatic carbocycles. The molecule has 3 aromatic rings. The highest BCUT2D eigenvalue weighted by Crippen LogP contribution is 2.24. The number of rotatable bonds is 10. The van der Waals surface area contributed by atoms with Crippen LogP contribution < -0.4 is 20.4 Å². The summed E-state index contributed by atoms with van der Waals surface area (Å²) in [6, 6.07) is 22.0. The Morgan fingerprint density at radius 3 is 2.25 bits per heavy atom. The summed E-state index contributed by atoms with van der Waals surface area (Å²) in [5.74, 6) is -0.243. The monoisotopic (exact) mass is 548 g/mol. The molecule has 0 heterocycles. The largest absolute Gasteiger partial charge is 0.496 e. The Hall–Kier alpha value is -3.91. The van der Waals surface area contributed by atoms with Gasteiger partial charge < -0.3 is 15.0 Å². The number of nitrogens with zero attached hydrogens (tertiary/aromatic N) is 2. The maximum Gasteiger partial charge on any atom is 0.287 e. The molecule has 7 nitrogen and oxygen atoms in total. The number of carbonyl (C=O) groups is 2. The van der Waals surface area contributed by atoms with Crippen LogP contribution in [0.25, 0.3) is 6.08 Å². The molecule has 0 aromatic heterocycles. The number of hydrazone groups is 1. The van der Waals surface area contributed by atoms with E-state index in [9.17, 15) is 9.59 Å². The zero-order chi connectivity index (χ0) is 25.9. The summed E-state index contributed by atoms with van der Waals surface area (Å²) >= 11 is 3.43. The number of anilines is 1. The second kappa shape index (κ2) is 13.3. The normalized spacial score (nSPS) is 11.3. The van der Waals surface area contributed by atoms with Gasteiger partial charge in [-0.1, -0.05) is 30.3 Å². The topological polar surface area (TPSA) is 83.0 Å². The Balaban J connectivity index is 1.81. The molecule has 0 atom stereocenters. The van der Waals surface area contributed by atoms with Gasteiger partial charge in [0.2, 0.25) is 0 Å². The van der Waals surface area contributed by atoms with Crippen LogP contribution in [0.5, 0.6) is 5.75 Å². The lowest BCUT2D eigenvalue weighted by molar-refractivity contribution is -0.117. The van der Waals surface area contributed by atoms with Crippen molar-refractivity contribution in [3.63, 3.8) is 0 Å². The number of carbonyl (C=O) groups excluding carboxylic acids is 2. The minimum atomic E-state index is -0.545. The molecule has 0 fully saturated rings. The maximum absolute atomic E-state index is 13.0. The van der Waals surface area contributed by atoms with Gasteiger partial charge in [-0.15, -0.1) is 0 Å². The van der Waals surface area contributed by atoms with Crippen molar-refractivity contribution in [1.82, 2.24) is 10.7 Å². The van der Waals surface area contributed by atoms with Crippen LogP contribution >= 0.6 is 15.9 Å². The van der Waals surface area contributed by atoms with Crippen LogP contribution in [-0.2, 0) is 4.79 Å². The summed E-state index contributed by atoms with van der Waals surface area (Å²) in [6.45, 7) is 6.00. The van der Waals surface area contributed by atoms with E-state index in [2.05, 4.69) is 50.5 Å². The smallest absolute Gasteiger partial charge is 0.287 e. The molecular weight excluding hydrogens is 520 g/mol. The lowest BCUT2D eigenvalue weighted by Crippen LogP contribution is -2.32. The molecule has 0 aliphatic heterocycles. The van der Waals surface area contributed by atoms with Gasteiger partial charge in [0.25, 0.3) is 11.8 Å².